The summed E-state index contributed by atoms with van der Waals surface area (Å²) < 4.78 is 25.0. The number of ether oxygens (including phenoxy) is 4. The predicted octanol–water partition coefficient (Wildman–Crippen LogP) is 3.18. The quantitative estimate of drug-likeness (QED) is 0.559. The Balaban J connectivity index is 1.95. The lowest BCUT2D eigenvalue weighted by Gasteiger charge is -2.56. The molecule has 3 aliphatic rings. The van der Waals surface area contributed by atoms with E-state index in [-0.39, 0.29) is 23.4 Å². The molecule has 3 fully saturated rings. The number of aliphatic carboxylic acids is 1. The van der Waals surface area contributed by atoms with E-state index >= 15 is 0 Å². The van der Waals surface area contributed by atoms with Gasteiger partial charge in [-0.3, -0.25) is 4.79 Å². The number of carbonyl (C=O) groups is 1. The van der Waals surface area contributed by atoms with Crippen molar-refractivity contribution in [2.75, 3.05) is 7.11 Å². The number of aliphatic hydroxyl groups is 2. The Morgan fingerprint density at radius 3 is 2.09 bits per heavy atom. The molecule has 0 aromatic heterocycles. The standard InChI is InChI=1S/C25H44O8/c1-13-18(32-25(29,17(5)21(26)27)16(4)19(13)30-9)14(2)20-15(3)23(8,28)12-24(31-20)11-10-22(6,7)33-24/h13-20,28-29H,10-12H2,1-9H3,(H,26,27). The summed E-state index contributed by atoms with van der Waals surface area (Å²) in [6.07, 6.45) is 0.509. The van der Waals surface area contributed by atoms with E-state index in [1.807, 2.05) is 41.5 Å². The molecule has 0 saturated carbocycles. The molecule has 11 atom stereocenters. The highest BCUT2D eigenvalue weighted by atomic mass is 16.7. The van der Waals surface area contributed by atoms with Gasteiger partial charge in [-0.25, -0.2) is 0 Å². The molecule has 0 aromatic rings. The highest BCUT2D eigenvalue weighted by molar-refractivity contribution is 5.70. The third kappa shape index (κ3) is 4.59. The van der Waals surface area contributed by atoms with Crippen LogP contribution in [-0.4, -0.2) is 69.5 Å². The minimum atomic E-state index is -1.90. The van der Waals surface area contributed by atoms with Crippen molar-refractivity contribution >= 4 is 5.97 Å². The largest absolute Gasteiger partial charge is 0.481 e. The third-order valence-corrected chi connectivity index (χ3v) is 8.83. The SMILES string of the molecule is COC1C(C)C(C(C)C2OC3(CCC(C)(C)O3)CC(C)(O)C2C)OC(O)(C(C)C(=O)O)C1C. The lowest BCUT2D eigenvalue weighted by atomic mass is 9.69. The lowest BCUT2D eigenvalue weighted by Crippen LogP contribution is -2.65. The summed E-state index contributed by atoms with van der Waals surface area (Å²) in [7, 11) is 1.57. The Bertz CT molecular complexity index is 738. The van der Waals surface area contributed by atoms with Crippen LogP contribution in [0.1, 0.15) is 74.7 Å². The average Bonchev–Trinajstić information content (AvgIpc) is 3.00. The fourth-order valence-electron chi connectivity index (χ4n) is 6.49. The highest BCUT2D eigenvalue weighted by Crippen LogP contribution is 2.52. The van der Waals surface area contributed by atoms with E-state index in [2.05, 4.69) is 0 Å². The van der Waals surface area contributed by atoms with Gasteiger partial charge in [0, 0.05) is 43.6 Å². The Morgan fingerprint density at radius 2 is 1.61 bits per heavy atom. The number of hydrogen-bond acceptors (Lipinski definition) is 7. The predicted molar refractivity (Wildman–Crippen MR) is 121 cm³/mol. The van der Waals surface area contributed by atoms with Crippen molar-refractivity contribution in [1.82, 2.24) is 0 Å². The highest BCUT2D eigenvalue weighted by Gasteiger charge is 2.61. The second-order valence-electron chi connectivity index (χ2n) is 11.8. The number of rotatable bonds is 5. The summed E-state index contributed by atoms with van der Waals surface area (Å²) in [5.41, 5.74) is -1.36. The van der Waals surface area contributed by atoms with E-state index in [4.69, 9.17) is 18.9 Å². The summed E-state index contributed by atoms with van der Waals surface area (Å²) in [5.74, 6) is -6.26. The van der Waals surface area contributed by atoms with Crippen LogP contribution >= 0.6 is 0 Å². The van der Waals surface area contributed by atoms with Gasteiger partial charge in [-0.2, -0.15) is 0 Å². The first-order valence-corrected chi connectivity index (χ1v) is 12.3. The average molecular weight is 473 g/mol. The maximum atomic E-state index is 11.8. The lowest BCUT2D eigenvalue weighted by molar-refractivity contribution is -0.368. The molecule has 3 aliphatic heterocycles. The summed E-state index contributed by atoms with van der Waals surface area (Å²) in [5, 5.41) is 32.5. The molecule has 3 saturated heterocycles. The van der Waals surface area contributed by atoms with Crippen LogP contribution in [0.3, 0.4) is 0 Å². The van der Waals surface area contributed by atoms with Gasteiger partial charge in [-0.05, 0) is 34.1 Å². The van der Waals surface area contributed by atoms with Crippen LogP contribution in [0.25, 0.3) is 0 Å². The first-order valence-electron chi connectivity index (χ1n) is 12.3. The number of carboxylic acids is 1. The molecule has 8 nitrogen and oxygen atoms in total. The Kier molecular flexibility index (Phi) is 7.08. The third-order valence-electron chi connectivity index (χ3n) is 8.83. The smallest absolute Gasteiger partial charge is 0.311 e. The number of hydrogen-bond donors (Lipinski definition) is 3. The zero-order chi connectivity index (χ0) is 25.1. The second kappa shape index (κ2) is 8.71. The second-order valence-corrected chi connectivity index (χ2v) is 11.8. The molecule has 0 aliphatic carbocycles. The van der Waals surface area contributed by atoms with Gasteiger partial charge in [0.05, 0.1) is 29.5 Å². The zero-order valence-corrected chi connectivity index (χ0v) is 21.6. The summed E-state index contributed by atoms with van der Waals surface area (Å²) in [6.45, 7) is 15.0. The van der Waals surface area contributed by atoms with Crippen molar-refractivity contribution in [2.45, 2.75) is 116 Å². The van der Waals surface area contributed by atoms with Gasteiger partial charge in [-0.1, -0.05) is 27.7 Å². The molecule has 11 unspecified atom stereocenters. The Labute approximate surface area is 197 Å². The molecule has 0 bridgehead atoms. The van der Waals surface area contributed by atoms with Gasteiger partial charge >= 0.3 is 5.97 Å². The normalized spacial score (nSPS) is 49.7. The molecule has 0 aromatic carbocycles. The van der Waals surface area contributed by atoms with Crippen molar-refractivity contribution in [3.8, 4) is 0 Å². The Hall–Kier alpha value is -0.770. The summed E-state index contributed by atoms with van der Waals surface area (Å²) >= 11 is 0. The first-order chi connectivity index (χ1) is 15.0. The van der Waals surface area contributed by atoms with Crippen LogP contribution in [0, 0.1) is 29.6 Å². The van der Waals surface area contributed by atoms with Crippen LogP contribution in [-0.2, 0) is 23.7 Å². The molecule has 8 heteroatoms. The van der Waals surface area contributed by atoms with E-state index in [1.165, 1.54) is 6.92 Å². The van der Waals surface area contributed by atoms with Gasteiger partial charge < -0.3 is 34.3 Å². The zero-order valence-electron chi connectivity index (χ0n) is 21.6. The van der Waals surface area contributed by atoms with Gasteiger partial charge in [-0.15, -0.1) is 0 Å². The van der Waals surface area contributed by atoms with Crippen molar-refractivity contribution < 1.29 is 39.1 Å². The van der Waals surface area contributed by atoms with Gasteiger partial charge in [0.15, 0.2) is 11.6 Å². The van der Waals surface area contributed by atoms with E-state index in [0.29, 0.717) is 12.8 Å². The molecule has 33 heavy (non-hydrogen) atoms. The maximum Gasteiger partial charge on any atom is 0.311 e. The molecule has 3 heterocycles. The van der Waals surface area contributed by atoms with Crippen molar-refractivity contribution in [3.63, 3.8) is 0 Å². The van der Waals surface area contributed by atoms with Crippen LogP contribution < -0.4 is 0 Å². The topological polar surface area (TPSA) is 115 Å². The minimum absolute atomic E-state index is 0.138. The van der Waals surface area contributed by atoms with Crippen LogP contribution in [0.4, 0.5) is 0 Å². The molecular weight excluding hydrogens is 428 g/mol. The summed E-state index contributed by atoms with van der Waals surface area (Å²) in [6, 6.07) is 0. The molecule has 3 rings (SSSR count). The van der Waals surface area contributed by atoms with Crippen LogP contribution in [0.15, 0.2) is 0 Å². The van der Waals surface area contributed by atoms with E-state index in [9.17, 15) is 20.1 Å². The monoisotopic (exact) mass is 472 g/mol. The van der Waals surface area contributed by atoms with E-state index < -0.39 is 53.3 Å². The van der Waals surface area contributed by atoms with Gasteiger partial charge in [0.25, 0.3) is 0 Å². The van der Waals surface area contributed by atoms with Gasteiger partial charge in [0.1, 0.15) is 5.92 Å². The molecule has 3 N–H and O–H groups in total. The van der Waals surface area contributed by atoms with E-state index in [0.717, 1.165) is 6.42 Å². The van der Waals surface area contributed by atoms with E-state index in [1.54, 1.807) is 14.0 Å². The first kappa shape index (κ1) is 26.8. The van der Waals surface area contributed by atoms with Crippen molar-refractivity contribution in [3.05, 3.63) is 0 Å². The van der Waals surface area contributed by atoms with Crippen molar-refractivity contribution in [1.29, 1.82) is 0 Å². The minimum Gasteiger partial charge on any atom is -0.481 e. The molecule has 0 amide bonds. The summed E-state index contributed by atoms with van der Waals surface area (Å²) in [4.78, 5) is 11.8. The molecule has 192 valence electrons. The van der Waals surface area contributed by atoms with Gasteiger partial charge in [0.2, 0.25) is 0 Å². The number of carboxylic acid groups (broad SMARTS) is 1. The fourth-order valence-corrected chi connectivity index (χ4v) is 6.49. The maximum absolute atomic E-state index is 11.8. The fraction of sp³-hybridized carbons (Fsp3) is 0.960. The molecule has 1 spiro atoms. The van der Waals surface area contributed by atoms with Crippen LogP contribution in [0.2, 0.25) is 0 Å². The molecular formula is C25H44O8. The number of methoxy groups -OCH3 is 1. The Morgan fingerprint density at radius 1 is 1.00 bits per heavy atom. The molecule has 0 radical (unpaired) electrons. The van der Waals surface area contributed by atoms with Crippen LogP contribution in [0.5, 0.6) is 0 Å². The van der Waals surface area contributed by atoms with Crippen molar-refractivity contribution in [2.24, 2.45) is 29.6 Å².